The second-order valence-corrected chi connectivity index (χ2v) is 7.04. The SMILES string of the molecule is CCOc1ccc(/C=C/C(=O)N2CCOC(c3ccc(Cl)cc3)C2)cc1OCC. The van der Waals surface area contributed by atoms with Crippen molar-refractivity contribution in [1.82, 2.24) is 4.90 Å². The van der Waals surface area contributed by atoms with E-state index in [1.54, 1.807) is 17.1 Å². The molecule has 0 radical (unpaired) electrons. The van der Waals surface area contributed by atoms with Crippen molar-refractivity contribution >= 4 is 23.6 Å². The zero-order chi connectivity index (χ0) is 20.6. The summed E-state index contributed by atoms with van der Waals surface area (Å²) in [7, 11) is 0. The molecule has 29 heavy (non-hydrogen) atoms. The normalized spacial score (nSPS) is 16.8. The molecule has 6 heteroatoms. The van der Waals surface area contributed by atoms with Crippen LogP contribution in [0, 0.1) is 0 Å². The number of carbonyl (C=O) groups excluding carboxylic acids is 1. The van der Waals surface area contributed by atoms with Crippen molar-refractivity contribution in [3.05, 3.63) is 64.7 Å². The van der Waals surface area contributed by atoms with E-state index in [9.17, 15) is 4.79 Å². The van der Waals surface area contributed by atoms with E-state index in [1.807, 2.05) is 56.3 Å². The van der Waals surface area contributed by atoms with E-state index in [1.165, 1.54) is 0 Å². The van der Waals surface area contributed by atoms with Crippen molar-refractivity contribution in [2.75, 3.05) is 32.9 Å². The van der Waals surface area contributed by atoms with Gasteiger partial charge in [-0.05, 0) is 55.3 Å². The van der Waals surface area contributed by atoms with Crippen molar-refractivity contribution < 1.29 is 19.0 Å². The Kier molecular flexibility index (Phi) is 7.55. The molecule has 1 aliphatic rings. The predicted molar refractivity (Wildman–Crippen MR) is 115 cm³/mol. The topological polar surface area (TPSA) is 48.0 Å². The molecule has 1 amide bonds. The highest BCUT2D eigenvalue weighted by Crippen LogP contribution is 2.29. The summed E-state index contributed by atoms with van der Waals surface area (Å²) in [5, 5.41) is 0.683. The van der Waals surface area contributed by atoms with Crippen LogP contribution in [0.25, 0.3) is 6.08 Å². The van der Waals surface area contributed by atoms with Gasteiger partial charge in [0, 0.05) is 17.6 Å². The Bertz CT molecular complexity index is 850. The number of benzene rings is 2. The lowest BCUT2D eigenvalue weighted by Crippen LogP contribution is -2.41. The second kappa shape index (κ2) is 10.3. The molecule has 1 saturated heterocycles. The van der Waals surface area contributed by atoms with Crippen LogP contribution in [0.15, 0.2) is 48.5 Å². The molecule has 0 N–H and O–H groups in total. The first-order valence-electron chi connectivity index (χ1n) is 9.84. The molecule has 154 valence electrons. The molecular weight excluding hydrogens is 390 g/mol. The van der Waals surface area contributed by atoms with Crippen LogP contribution < -0.4 is 9.47 Å². The van der Waals surface area contributed by atoms with Gasteiger partial charge in [0.2, 0.25) is 5.91 Å². The van der Waals surface area contributed by atoms with Gasteiger partial charge in [-0.1, -0.05) is 29.8 Å². The number of hydrogen-bond donors (Lipinski definition) is 0. The first kappa shape index (κ1) is 21.2. The van der Waals surface area contributed by atoms with Gasteiger partial charge in [0.15, 0.2) is 11.5 Å². The van der Waals surface area contributed by atoms with E-state index in [2.05, 4.69) is 0 Å². The third-order valence-corrected chi connectivity index (χ3v) is 4.86. The number of ether oxygens (including phenoxy) is 3. The summed E-state index contributed by atoms with van der Waals surface area (Å²) in [5.74, 6) is 1.34. The molecule has 0 aromatic heterocycles. The average molecular weight is 416 g/mol. The van der Waals surface area contributed by atoms with Crippen molar-refractivity contribution in [3.63, 3.8) is 0 Å². The minimum Gasteiger partial charge on any atom is -0.490 e. The number of morpholine rings is 1. The lowest BCUT2D eigenvalue weighted by molar-refractivity contribution is -0.133. The number of hydrogen-bond acceptors (Lipinski definition) is 4. The number of carbonyl (C=O) groups is 1. The lowest BCUT2D eigenvalue weighted by Gasteiger charge is -2.32. The summed E-state index contributed by atoms with van der Waals surface area (Å²) in [6, 6.07) is 13.2. The molecule has 0 bridgehead atoms. The fourth-order valence-electron chi connectivity index (χ4n) is 3.17. The van der Waals surface area contributed by atoms with Crippen LogP contribution in [0.5, 0.6) is 11.5 Å². The molecule has 5 nitrogen and oxygen atoms in total. The summed E-state index contributed by atoms with van der Waals surface area (Å²) < 4.78 is 17.1. The van der Waals surface area contributed by atoms with E-state index in [0.29, 0.717) is 49.4 Å². The van der Waals surface area contributed by atoms with Gasteiger partial charge in [-0.2, -0.15) is 0 Å². The summed E-state index contributed by atoms with van der Waals surface area (Å²) in [5.41, 5.74) is 1.90. The zero-order valence-corrected chi connectivity index (χ0v) is 17.5. The Hall–Kier alpha value is -2.50. The summed E-state index contributed by atoms with van der Waals surface area (Å²) in [6.45, 7) is 6.56. The highest BCUT2D eigenvalue weighted by Gasteiger charge is 2.24. The van der Waals surface area contributed by atoms with Gasteiger partial charge in [0.05, 0.1) is 26.4 Å². The largest absolute Gasteiger partial charge is 0.490 e. The Morgan fingerprint density at radius 1 is 1.14 bits per heavy atom. The predicted octanol–water partition coefficient (Wildman–Crippen LogP) is 4.75. The Balaban J connectivity index is 1.66. The van der Waals surface area contributed by atoms with Gasteiger partial charge in [0.1, 0.15) is 6.10 Å². The van der Waals surface area contributed by atoms with Crippen molar-refractivity contribution in [3.8, 4) is 11.5 Å². The van der Waals surface area contributed by atoms with Crippen LogP contribution in [-0.2, 0) is 9.53 Å². The average Bonchev–Trinajstić information content (AvgIpc) is 2.74. The van der Waals surface area contributed by atoms with Crippen LogP contribution in [0.2, 0.25) is 5.02 Å². The van der Waals surface area contributed by atoms with Crippen LogP contribution in [0.1, 0.15) is 31.1 Å². The highest BCUT2D eigenvalue weighted by atomic mass is 35.5. The van der Waals surface area contributed by atoms with Gasteiger partial charge in [-0.25, -0.2) is 0 Å². The second-order valence-electron chi connectivity index (χ2n) is 6.60. The first-order valence-corrected chi connectivity index (χ1v) is 10.2. The maximum Gasteiger partial charge on any atom is 0.246 e. The van der Waals surface area contributed by atoms with Crippen LogP contribution in [0.3, 0.4) is 0 Å². The lowest BCUT2D eigenvalue weighted by atomic mass is 10.1. The molecule has 0 saturated carbocycles. The number of rotatable bonds is 7. The molecule has 1 fully saturated rings. The summed E-state index contributed by atoms with van der Waals surface area (Å²) in [4.78, 5) is 14.5. The molecular formula is C23H26ClNO4. The van der Waals surface area contributed by atoms with E-state index in [-0.39, 0.29) is 12.0 Å². The monoisotopic (exact) mass is 415 g/mol. The van der Waals surface area contributed by atoms with Gasteiger partial charge in [-0.15, -0.1) is 0 Å². The third kappa shape index (κ3) is 5.75. The van der Waals surface area contributed by atoms with Crippen LogP contribution >= 0.6 is 11.6 Å². The number of halogens is 1. The molecule has 2 aromatic carbocycles. The fraction of sp³-hybridized carbons (Fsp3) is 0.348. The third-order valence-electron chi connectivity index (χ3n) is 4.61. The quantitative estimate of drug-likeness (QED) is 0.612. The zero-order valence-electron chi connectivity index (χ0n) is 16.8. The van der Waals surface area contributed by atoms with Crippen LogP contribution in [0.4, 0.5) is 0 Å². The van der Waals surface area contributed by atoms with Gasteiger partial charge < -0.3 is 19.1 Å². The molecule has 1 unspecified atom stereocenters. The molecule has 1 aliphatic heterocycles. The molecule has 1 heterocycles. The van der Waals surface area contributed by atoms with Crippen molar-refractivity contribution in [2.24, 2.45) is 0 Å². The standard InChI is InChI=1S/C23H26ClNO4/c1-3-27-20-11-5-17(15-21(20)28-4-2)6-12-23(26)25-13-14-29-22(16-25)18-7-9-19(24)10-8-18/h5-12,15,22H,3-4,13-14,16H2,1-2H3/b12-6+. The summed E-state index contributed by atoms with van der Waals surface area (Å²) in [6.07, 6.45) is 3.25. The molecule has 3 rings (SSSR count). The van der Waals surface area contributed by atoms with E-state index in [4.69, 9.17) is 25.8 Å². The van der Waals surface area contributed by atoms with Gasteiger partial charge in [0.25, 0.3) is 0 Å². The van der Waals surface area contributed by atoms with Crippen LogP contribution in [-0.4, -0.2) is 43.7 Å². The van der Waals surface area contributed by atoms with Crippen molar-refractivity contribution in [2.45, 2.75) is 20.0 Å². The minimum atomic E-state index is -0.145. The van der Waals surface area contributed by atoms with Crippen molar-refractivity contribution in [1.29, 1.82) is 0 Å². The Morgan fingerprint density at radius 2 is 1.86 bits per heavy atom. The number of nitrogens with zero attached hydrogens (tertiary/aromatic N) is 1. The smallest absolute Gasteiger partial charge is 0.246 e. The minimum absolute atomic E-state index is 0.0425. The van der Waals surface area contributed by atoms with E-state index >= 15 is 0 Å². The molecule has 2 aromatic rings. The van der Waals surface area contributed by atoms with E-state index in [0.717, 1.165) is 11.1 Å². The molecule has 0 spiro atoms. The molecule has 0 aliphatic carbocycles. The van der Waals surface area contributed by atoms with E-state index < -0.39 is 0 Å². The van der Waals surface area contributed by atoms with Gasteiger partial charge in [-0.3, -0.25) is 4.79 Å². The first-order chi connectivity index (χ1) is 14.1. The molecule has 1 atom stereocenters. The Morgan fingerprint density at radius 3 is 2.59 bits per heavy atom. The summed E-state index contributed by atoms with van der Waals surface area (Å²) >= 11 is 5.96. The maximum absolute atomic E-state index is 12.7. The maximum atomic E-state index is 12.7. The number of amides is 1. The van der Waals surface area contributed by atoms with Gasteiger partial charge >= 0.3 is 0 Å². The fourth-order valence-corrected chi connectivity index (χ4v) is 3.30. The highest BCUT2D eigenvalue weighted by molar-refractivity contribution is 6.30. The Labute approximate surface area is 176 Å².